The second kappa shape index (κ2) is 9.33. The van der Waals surface area contributed by atoms with Crippen LogP contribution < -0.4 is 11.1 Å². The molecule has 0 aliphatic rings. The van der Waals surface area contributed by atoms with Gasteiger partial charge in [0.1, 0.15) is 11.6 Å². The highest BCUT2D eigenvalue weighted by molar-refractivity contribution is 9.10. The van der Waals surface area contributed by atoms with Crippen molar-refractivity contribution in [1.29, 1.82) is 0 Å². The van der Waals surface area contributed by atoms with E-state index < -0.39 is 0 Å². The zero-order valence-corrected chi connectivity index (χ0v) is 15.9. The molecule has 0 bridgehead atoms. The molecule has 0 radical (unpaired) electrons. The van der Waals surface area contributed by atoms with Crippen LogP contribution in [-0.4, -0.2) is 31.3 Å². The normalized spacial score (nSPS) is 10.6. The Hall–Kier alpha value is -2.19. The summed E-state index contributed by atoms with van der Waals surface area (Å²) in [5, 5.41) is 15.8. The molecule has 3 aromatic rings. The molecule has 4 N–H and O–H groups in total. The highest BCUT2D eigenvalue weighted by Gasteiger charge is 2.08. The van der Waals surface area contributed by atoms with Gasteiger partial charge in [-0.2, -0.15) is 9.61 Å². The number of rotatable bonds is 5. The molecular formula is C17H23BrN6O. The molecule has 3 heterocycles. The molecule has 0 spiro atoms. The molecule has 3 aromatic heterocycles. The summed E-state index contributed by atoms with van der Waals surface area (Å²) in [6.45, 7) is 5.16. The number of aromatic nitrogens is 4. The lowest BCUT2D eigenvalue weighted by Crippen LogP contribution is -2.07. The highest BCUT2D eigenvalue weighted by atomic mass is 79.9. The van der Waals surface area contributed by atoms with Crippen molar-refractivity contribution in [2.24, 2.45) is 5.92 Å². The summed E-state index contributed by atoms with van der Waals surface area (Å²) in [5.74, 6) is 1.88. The molecule has 25 heavy (non-hydrogen) atoms. The van der Waals surface area contributed by atoms with E-state index in [-0.39, 0.29) is 0 Å². The minimum atomic E-state index is 0.331. The Morgan fingerprint density at radius 1 is 1.36 bits per heavy atom. The van der Waals surface area contributed by atoms with E-state index in [1.165, 1.54) is 0 Å². The molecule has 8 heteroatoms. The van der Waals surface area contributed by atoms with Crippen LogP contribution in [0.2, 0.25) is 0 Å². The first-order valence-electron chi connectivity index (χ1n) is 8.04. The summed E-state index contributed by atoms with van der Waals surface area (Å²) in [4.78, 5) is 8.30. The number of halogens is 1. The van der Waals surface area contributed by atoms with Gasteiger partial charge in [-0.15, -0.1) is 0 Å². The average Bonchev–Trinajstić information content (AvgIpc) is 2.95. The van der Waals surface area contributed by atoms with Gasteiger partial charge in [-0.05, 0) is 39.9 Å². The van der Waals surface area contributed by atoms with Gasteiger partial charge >= 0.3 is 0 Å². The molecule has 0 saturated heterocycles. The van der Waals surface area contributed by atoms with Crippen LogP contribution in [0.5, 0.6) is 0 Å². The topological polar surface area (TPSA) is 101 Å². The third-order valence-corrected chi connectivity index (χ3v) is 3.91. The molecular weight excluding hydrogens is 384 g/mol. The number of anilines is 2. The van der Waals surface area contributed by atoms with Crippen LogP contribution in [0.1, 0.15) is 25.8 Å². The van der Waals surface area contributed by atoms with Gasteiger partial charge in [0.2, 0.25) is 0 Å². The molecule has 0 amide bonds. The summed E-state index contributed by atoms with van der Waals surface area (Å²) in [5.41, 5.74) is 7.57. The molecule has 0 aliphatic carbocycles. The summed E-state index contributed by atoms with van der Waals surface area (Å²) in [6, 6.07) is 5.65. The van der Waals surface area contributed by atoms with Crippen LogP contribution >= 0.6 is 15.9 Å². The molecule has 7 nitrogen and oxygen atoms in total. The van der Waals surface area contributed by atoms with E-state index in [4.69, 9.17) is 10.8 Å². The zero-order valence-electron chi connectivity index (χ0n) is 14.4. The van der Waals surface area contributed by atoms with Gasteiger partial charge in [-0.3, -0.25) is 4.98 Å². The van der Waals surface area contributed by atoms with Crippen molar-refractivity contribution in [1.82, 2.24) is 19.6 Å². The van der Waals surface area contributed by atoms with Crippen LogP contribution in [-0.2, 0) is 6.54 Å². The average molecular weight is 407 g/mol. The Bertz CT molecular complexity index is 790. The van der Waals surface area contributed by atoms with Crippen LogP contribution in [0.15, 0.2) is 41.3 Å². The van der Waals surface area contributed by atoms with E-state index in [1.807, 2.05) is 18.3 Å². The third kappa shape index (κ3) is 5.68. The van der Waals surface area contributed by atoms with Crippen molar-refractivity contribution in [2.75, 3.05) is 17.7 Å². The van der Waals surface area contributed by atoms with Crippen LogP contribution in [0.25, 0.3) is 5.65 Å². The van der Waals surface area contributed by atoms with E-state index in [9.17, 15) is 0 Å². The summed E-state index contributed by atoms with van der Waals surface area (Å²) in [6.07, 6.45) is 6.18. The summed E-state index contributed by atoms with van der Waals surface area (Å²) < 4.78 is 2.51. The molecule has 0 fully saturated rings. The maximum absolute atomic E-state index is 8.24. The molecule has 134 valence electrons. The van der Waals surface area contributed by atoms with Crippen molar-refractivity contribution in [3.8, 4) is 0 Å². The first-order chi connectivity index (χ1) is 12.0. The Balaban J connectivity index is 0.000000326. The number of aliphatic hydroxyl groups is 1. The minimum absolute atomic E-state index is 0.331. The number of nitrogens with one attached hydrogen (secondary N) is 1. The first-order valence-corrected chi connectivity index (χ1v) is 8.84. The lowest BCUT2D eigenvalue weighted by Gasteiger charge is -2.09. The van der Waals surface area contributed by atoms with Gasteiger partial charge in [-0.1, -0.05) is 19.9 Å². The van der Waals surface area contributed by atoms with Crippen molar-refractivity contribution in [3.05, 3.63) is 46.8 Å². The van der Waals surface area contributed by atoms with Gasteiger partial charge in [-0.25, -0.2) is 4.98 Å². The van der Waals surface area contributed by atoms with E-state index in [0.717, 1.165) is 22.3 Å². The number of fused-ring (bicyclic) bond motifs is 1. The number of nitrogens with zero attached hydrogens (tertiary/aromatic N) is 4. The minimum Gasteiger partial charge on any atom is -0.396 e. The molecule has 0 aromatic carbocycles. The van der Waals surface area contributed by atoms with Gasteiger partial charge in [0, 0.05) is 31.6 Å². The smallest absolute Gasteiger partial charge is 0.173 e. The van der Waals surface area contributed by atoms with Gasteiger partial charge < -0.3 is 16.2 Å². The van der Waals surface area contributed by atoms with E-state index in [2.05, 4.69) is 50.2 Å². The molecule has 0 unspecified atom stereocenters. The van der Waals surface area contributed by atoms with Crippen molar-refractivity contribution < 1.29 is 5.11 Å². The summed E-state index contributed by atoms with van der Waals surface area (Å²) in [7, 11) is 0. The maximum atomic E-state index is 8.24. The Kier molecular flexibility index (Phi) is 7.15. The van der Waals surface area contributed by atoms with Gasteiger partial charge in [0.25, 0.3) is 0 Å². The van der Waals surface area contributed by atoms with Gasteiger partial charge in [0.05, 0.1) is 10.7 Å². The SMILES string of the molecule is CC(C)CCO.Nc1cc(NCc2cccnc2)n2ncc(Br)c2n1. The maximum Gasteiger partial charge on any atom is 0.173 e. The Morgan fingerprint density at radius 2 is 2.16 bits per heavy atom. The number of nitrogens with two attached hydrogens (primary N) is 1. The second-order valence-electron chi connectivity index (χ2n) is 5.92. The molecule has 0 aliphatic heterocycles. The first kappa shape index (κ1) is 19.1. The molecule has 3 rings (SSSR count). The highest BCUT2D eigenvalue weighted by Crippen LogP contribution is 2.21. The Morgan fingerprint density at radius 3 is 2.76 bits per heavy atom. The van der Waals surface area contributed by atoms with Gasteiger partial charge in [0.15, 0.2) is 5.65 Å². The number of aliphatic hydroxyl groups excluding tert-OH is 1. The lowest BCUT2D eigenvalue weighted by atomic mass is 10.2. The van der Waals surface area contributed by atoms with E-state index in [0.29, 0.717) is 30.5 Å². The summed E-state index contributed by atoms with van der Waals surface area (Å²) >= 11 is 3.39. The fraction of sp³-hybridized carbons (Fsp3) is 0.353. The zero-order chi connectivity index (χ0) is 18.2. The third-order valence-electron chi connectivity index (χ3n) is 3.35. The van der Waals surface area contributed by atoms with Crippen LogP contribution in [0.4, 0.5) is 11.6 Å². The van der Waals surface area contributed by atoms with Crippen molar-refractivity contribution >= 4 is 33.2 Å². The van der Waals surface area contributed by atoms with Crippen molar-refractivity contribution in [3.63, 3.8) is 0 Å². The quantitative estimate of drug-likeness (QED) is 0.601. The van der Waals surface area contributed by atoms with Crippen LogP contribution in [0, 0.1) is 5.92 Å². The lowest BCUT2D eigenvalue weighted by molar-refractivity contribution is 0.268. The van der Waals surface area contributed by atoms with Crippen LogP contribution in [0.3, 0.4) is 0 Å². The number of hydrogen-bond donors (Lipinski definition) is 3. The fourth-order valence-electron chi connectivity index (χ4n) is 2.03. The fourth-order valence-corrected chi connectivity index (χ4v) is 2.38. The van der Waals surface area contributed by atoms with Crippen molar-refractivity contribution in [2.45, 2.75) is 26.8 Å². The molecule has 0 atom stereocenters. The second-order valence-corrected chi connectivity index (χ2v) is 6.77. The van der Waals surface area contributed by atoms with E-state index >= 15 is 0 Å². The number of hydrogen-bond acceptors (Lipinski definition) is 6. The monoisotopic (exact) mass is 406 g/mol. The largest absolute Gasteiger partial charge is 0.396 e. The predicted octanol–water partition coefficient (Wildman–Crippen LogP) is 3.11. The number of pyridine rings is 1. The predicted molar refractivity (Wildman–Crippen MR) is 103 cm³/mol. The Labute approximate surface area is 155 Å². The van der Waals surface area contributed by atoms with E-state index in [1.54, 1.807) is 23.0 Å². The molecule has 0 saturated carbocycles. The number of nitrogen functional groups attached to an aromatic ring is 1. The standard InChI is InChI=1S/C12H11BrN6.C5H12O/c13-9-7-17-19-11(4-10(14)18-12(9)19)16-6-8-2-1-3-15-5-8;1-5(2)3-4-6/h1-5,7,16H,6H2,(H2,14,18);5-6H,3-4H2,1-2H3.